The Morgan fingerprint density at radius 1 is 1.16 bits per heavy atom. The summed E-state index contributed by atoms with van der Waals surface area (Å²) in [6.07, 6.45) is 18.9. The Kier molecular flexibility index (Phi) is 10.8. The molecule has 0 aromatic heterocycles. The van der Waals surface area contributed by atoms with E-state index in [0.717, 1.165) is 25.7 Å². The topological polar surface area (TPSA) is 74.6 Å². The summed E-state index contributed by atoms with van der Waals surface area (Å²) < 4.78 is 0. The smallest absolute Gasteiger partial charge is 0.333 e. The summed E-state index contributed by atoms with van der Waals surface area (Å²) in [6.45, 7) is 1.77. The molecule has 0 unspecified atom stereocenters. The molecular weight excluding hydrogens is 316 g/mol. The molecule has 140 valence electrons. The highest BCUT2D eigenvalue weighted by molar-refractivity contribution is 5.94. The van der Waals surface area contributed by atoms with Gasteiger partial charge in [-0.25, -0.2) is 4.79 Å². The number of aliphatic hydroxyl groups is 1. The van der Waals surface area contributed by atoms with Crippen LogP contribution in [0, 0.1) is 11.8 Å². The van der Waals surface area contributed by atoms with Gasteiger partial charge in [0.05, 0.1) is 12.2 Å². The van der Waals surface area contributed by atoms with Gasteiger partial charge in [-0.3, -0.25) is 4.79 Å². The van der Waals surface area contributed by atoms with Gasteiger partial charge in [0.25, 0.3) is 0 Å². The predicted molar refractivity (Wildman–Crippen MR) is 100 cm³/mol. The molecular formula is C21H32O4. The van der Waals surface area contributed by atoms with Crippen LogP contribution < -0.4 is 0 Å². The highest BCUT2D eigenvalue weighted by atomic mass is 16.4. The van der Waals surface area contributed by atoms with Crippen LogP contribution in [0.25, 0.3) is 0 Å². The highest BCUT2D eigenvalue weighted by Gasteiger charge is 2.27. The van der Waals surface area contributed by atoms with Crippen LogP contribution in [-0.4, -0.2) is 28.6 Å². The lowest BCUT2D eigenvalue weighted by Crippen LogP contribution is -2.14. The van der Waals surface area contributed by atoms with E-state index in [9.17, 15) is 9.59 Å². The highest BCUT2D eigenvalue weighted by Crippen LogP contribution is 2.29. The Labute approximate surface area is 151 Å². The van der Waals surface area contributed by atoms with Crippen LogP contribution in [0.15, 0.2) is 36.0 Å². The Bertz CT molecular complexity index is 502. The minimum Gasteiger partial charge on any atom is -0.478 e. The molecule has 25 heavy (non-hydrogen) atoms. The van der Waals surface area contributed by atoms with Crippen molar-refractivity contribution in [1.82, 2.24) is 0 Å². The number of carboxylic acid groups (broad SMARTS) is 1. The normalized spacial score (nSPS) is 20.7. The maximum Gasteiger partial charge on any atom is 0.333 e. The number of carbonyl (C=O) groups is 2. The molecule has 0 aliphatic heterocycles. The van der Waals surface area contributed by atoms with Gasteiger partial charge in [0.15, 0.2) is 5.78 Å². The first-order chi connectivity index (χ1) is 12.1. The number of ketones is 1. The van der Waals surface area contributed by atoms with Crippen LogP contribution >= 0.6 is 0 Å². The van der Waals surface area contributed by atoms with Gasteiger partial charge >= 0.3 is 5.97 Å². The van der Waals surface area contributed by atoms with Crippen LogP contribution in [0.1, 0.15) is 64.7 Å². The summed E-state index contributed by atoms with van der Waals surface area (Å²) in [5, 5.41) is 17.8. The van der Waals surface area contributed by atoms with Crippen LogP contribution in [0.2, 0.25) is 0 Å². The van der Waals surface area contributed by atoms with Crippen molar-refractivity contribution in [1.29, 1.82) is 0 Å². The third-order valence-electron chi connectivity index (χ3n) is 4.70. The van der Waals surface area contributed by atoms with E-state index in [0.29, 0.717) is 6.42 Å². The van der Waals surface area contributed by atoms with Gasteiger partial charge in [0.1, 0.15) is 0 Å². The molecule has 0 amide bonds. The van der Waals surface area contributed by atoms with Crippen molar-refractivity contribution in [2.45, 2.75) is 64.7 Å². The van der Waals surface area contributed by atoms with E-state index in [1.165, 1.54) is 25.7 Å². The van der Waals surface area contributed by atoms with Crippen molar-refractivity contribution in [3.05, 3.63) is 36.0 Å². The van der Waals surface area contributed by atoms with Gasteiger partial charge in [-0.15, -0.1) is 0 Å². The number of unbranched alkanes of at least 4 members (excludes halogenated alkanes) is 6. The molecule has 0 spiro atoms. The third kappa shape index (κ3) is 8.30. The second-order valence-corrected chi connectivity index (χ2v) is 6.70. The molecule has 1 aliphatic carbocycles. The van der Waals surface area contributed by atoms with Gasteiger partial charge < -0.3 is 10.2 Å². The molecule has 0 fully saturated rings. The lowest BCUT2D eigenvalue weighted by Gasteiger charge is -2.14. The van der Waals surface area contributed by atoms with E-state index in [1.807, 2.05) is 6.08 Å². The molecule has 0 bridgehead atoms. The van der Waals surface area contributed by atoms with Crippen molar-refractivity contribution >= 4 is 11.8 Å². The third-order valence-corrected chi connectivity index (χ3v) is 4.70. The van der Waals surface area contributed by atoms with Gasteiger partial charge in [-0.1, -0.05) is 56.9 Å². The van der Waals surface area contributed by atoms with Gasteiger partial charge in [-0.2, -0.15) is 0 Å². The summed E-state index contributed by atoms with van der Waals surface area (Å²) in [4.78, 5) is 22.8. The van der Waals surface area contributed by atoms with Gasteiger partial charge in [0, 0.05) is 11.8 Å². The molecule has 4 nitrogen and oxygen atoms in total. The Balaban J connectivity index is 2.31. The fourth-order valence-electron chi connectivity index (χ4n) is 3.13. The molecule has 0 aromatic carbocycles. The van der Waals surface area contributed by atoms with E-state index in [2.05, 4.69) is 19.1 Å². The number of aliphatic carboxylic acids is 1. The lowest BCUT2D eigenvalue weighted by molar-refractivity contribution is -0.133. The Hall–Kier alpha value is -1.68. The summed E-state index contributed by atoms with van der Waals surface area (Å²) in [7, 11) is 0. The molecule has 0 heterocycles. The molecule has 4 heteroatoms. The number of aliphatic hydroxyl groups excluding tert-OH is 1. The molecule has 1 rings (SSSR count). The zero-order chi connectivity index (χ0) is 18.5. The first-order valence-electron chi connectivity index (χ1n) is 9.52. The molecule has 0 saturated carbocycles. The van der Waals surface area contributed by atoms with Crippen LogP contribution in [0.5, 0.6) is 0 Å². The number of hydrogen-bond donors (Lipinski definition) is 2. The monoisotopic (exact) mass is 348 g/mol. The zero-order valence-electron chi connectivity index (χ0n) is 15.3. The SMILES string of the molecule is CCCCCCC=C[C@H]1C=CC(=O)[C@@H]1CCCCC=C(CO)C(=O)O. The average molecular weight is 348 g/mol. The lowest BCUT2D eigenvalue weighted by atomic mass is 9.89. The largest absolute Gasteiger partial charge is 0.478 e. The number of rotatable bonds is 13. The van der Waals surface area contributed by atoms with Crippen molar-refractivity contribution in [3.63, 3.8) is 0 Å². The average Bonchev–Trinajstić information content (AvgIpc) is 2.94. The molecule has 2 N–H and O–H groups in total. The molecule has 0 aromatic rings. The van der Waals surface area contributed by atoms with E-state index >= 15 is 0 Å². The molecule has 0 radical (unpaired) electrons. The van der Waals surface area contributed by atoms with Crippen LogP contribution in [0.3, 0.4) is 0 Å². The second-order valence-electron chi connectivity index (χ2n) is 6.70. The van der Waals surface area contributed by atoms with Gasteiger partial charge in [0.2, 0.25) is 0 Å². The summed E-state index contributed by atoms with van der Waals surface area (Å²) >= 11 is 0. The number of carboxylic acids is 1. The summed E-state index contributed by atoms with van der Waals surface area (Å²) in [5.74, 6) is -0.617. The molecule has 2 atom stereocenters. The summed E-state index contributed by atoms with van der Waals surface area (Å²) in [5.41, 5.74) is 0.0440. The minimum absolute atomic E-state index is 0.0349. The number of allylic oxidation sites excluding steroid dienone is 5. The quantitative estimate of drug-likeness (QED) is 0.293. The van der Waals surface area contributed by atoms with Crippen LogP contribution in [0.4, 0.5) is 0 Å². The Morgan fingerprint density at radius 2 is 1.92 bits per heavy atom. The zero-order valence-corrected chi connectivity index (χ0v) is 15.3. The molecule has 1 aliphatic rings. The van der Waals surface area contributed by atoms with Crippen molar-refractivity contribution in [2.75, 3.05) is 6.61 Å². The maximum atomic E-state index is 12.0. The minimum atomic E-state index is -1.07. The maximum absolute atomic E-state index is 12.0. The Morgan fingerprint density at radius 3 is 2.60 bits per heavy atom. The predicted octanol–water partition coefficient (Wildman–Crippen LogP) is 4.45. The van der Waals surface area contributed by atoms with Crippen LogP contribution in [-0.2, 0) is 9.59 Å². The van der Waals surface area contributed by atoms with Gasteiger partial charge in [-0.05, 0) is 38.2 Å². The molecule has 0 saturated heterocycles. The van der Waals surface area contributed by atoms with E-state index < -0.39 is 12.6 Å². The first kappa shape index (κ1) is 21.4. The summed E-state index contributed by atoms with van der Waals surface area (Å²) in [6, 6.07) is 0. The number of carbonyl (C=O) groups excluding carboxylic acids is 1. The van der Waals surface area contributed by atoms with E-state index in [4.69, 9.17) is 10.2 Å². The van der Waals surface area contributed by atoms with Crippen molar-refractivity contribution < 1.29 is 19.8 Å². The second kappa shape index (κ2) is 12.6. The number of hydrogen-bond acceptors (Lipinski definition) is 3. The van der Waals surface area contributed by atoms with E-state index in [1.54, 1.807) is 12.2 Å². The fourth-order valence-corrected chi connectivity index (χ4v) is 3.13. The van der Waals surface area contributed by atoms with Crippen molar-refractivity contribution in [2.24, 2.45) is 11.8 Å². The van der Waals surface area contributed by atoms with E-state index in [-0.39, 0.29) is 23.2 Å². The van der Waals surface area contributed by atoms with Crippen molar-refractivity contribution in [3.8, 4) is 0 Å². The standard InChI is InChI=1S/C21H32O4/c1-2-3-4-5-6-8-11-17-14-15-20(23)19(17)13-10-7-9-12-18(16-22)21(24)25/h8,11-12,14-15,17,19,22H,2-7,9-10,13,16H2,1H3,(H,24,25)/t17-,19+/m0/s1. The fraction of sp³-hybridized carbons (Fsp3) is 0.619. The first-order valence-corrected chi connectivity index (χ1v) is 9.52.